The molecule has 0 aromatic heterocycles. The van der Waals surface area contributed by atoms with Gasteiger partial charge in [0.05, 0.1) is 0 Å². The van der Waals surface area contributed by atoms with Gasteiger partial charge in [0.2, 0.25) is 5.91 Å². The average Bonchev–Trinajstić information content (AvgIpc) is 1.65. The molecule has 0 saturated carbocycles. The minimum Gasteiger partial charge on any atom is -0.281 e. The molecule has 0 rings (SSSR count). The van der Waals surface area contributed by atoms with Crippen molar-refractivity contribution < 1.29 is 4.79 Å². The van der Waals surface area contributed by atoms with Crippen LogP contribution in [0.25, 0.3) is 0 Å². The molecular formula is C4H9N2O. The molecule has 1 radical (unpaired) electrons. The van der Waals surface area contributed by atoms with Crippen LogP contribution in [0.15, 0.2) is 0 Å². The van der Waals surface area contributed by atoms with Crippen LogP contribution in [0.3, 0.4) is 0 Å². The fourth-order valence-electron chi connectivity index (χ4n) is 0.176. The van der Waals surface area contributed by atoms with Gasteiger partial charge in [0.1, 0.15) is 0 Å². The Morgan fingerprint density at radius 2 is 2.43 bits per heavy atom. The second-order valence-electron chi connectivity index (χ2n) is 1.18. The highest BCUT2D eigenvalue weighted by Gasteiger charge is 1.94. The monoisotopic (exact) mass is 101 g/mol. The number of nitrogens with zero attached hydrogens (tertiary/aromatic N) is 1. The summed E-state index contributed by atoms with van der Waals surface area (Å²) in [5, 5.41) is 1.04. The highest BCUT2D eigenvalue weighted by atomic mass is 16.2. The van der Waals surface area contributed by atoms with Crippen molar-refractivity contribution in [3.05, 3.63) is 6.92 Å². The number of hydrazine groups is 1. The molecule has 41 valence electrons. The molecule has 0 saturated heterocycles. The second-order valence-corrected chi connectivity index (χ2v) is 1.18. The van der Waals surface area contributed by atoms with E-state index in [-0.39, 0.29) is 5.91 Å². The van der Waals surface area contributed by atoms with E-state index in [9.17, 15) is 4.79 Å². The first-order chi connectivity index (χ1) is 3.18. The summed E-state index contributed by atoms with van der Waals surface area (Å²) in [7, 11) is 0. The molecule has 0 heterocycles. The molecule has 3 nitrogen and oxygen atoms in total. The lowest BCUT2D eigenvalue weighted by Crippen LogP contribution is -2.35. The normalized spacial score (nSPS) is 8.43. The van der Waals surface area contributed by atoms with Crippen LogP contribution in [0, 0.1) is 6.92 Å². The Morgan fingerprint density at radius 1 is 2.00 bits per heavy atom. The molecule has 0 aliphatic heterocycles. The Hall–Kier alpha value is -0.570. The number of carbonyl (C=O) groups excluding carboxylic acids is 1. The molecule has 0 bridgehead atoms. The molecular weight excluding hydrogens is 92.1 g/mol. The largest absolute Gasteiger partial charge is 0.281 e. The van der Waals surface area contributed by atoms with Crippen molar-refractivity contribution in [3.8, 4) is 0 Å². The Bertz CT molecular complexity index is 72.1. The van der Waals surface area contributed by atoms with Gasteiger partial charge < -0.3 is 0 Å². The summed E-state index contributed by atoms with van der Waals surface area (Å²) in [5.74, 6) is 4.69. The summed E-state index contributed by atoms with van der Waals surface area (Å²) in [5.41, 5.74) is 0. The number of hydrogen-bond acceptors (Lipinski definition) is 2. The van der Waals surface area contributed by atoms with Gasteiger partial charge in [-0.05, 0) is 6.92 Å². The van der Waals surface area contributed by atoms with Gasteiger partial charge in [-0.3, -0.25) is 9.80 Å². The van der Waals surface area contributed by atoms with E-state index in [0.29, 0.717) is 6.54 Å². The minimum absolute atomic E-state index is 0.345. The Kier molecular flexibility index (Phi) is 2.37. The van der Waals surface area contributed by atoms with Gasteiger partial charge in [-0.15, -0.1) is 0 Å². The fraction of sp³-hybridized carbons (Fsp3) is 0.500. The quantitative estimate of drug-likeness (QED) is 0.276. The number of rotatable bonds is 1. The molecule has 0 aromatic rings. The lowest BCUT2D eigenvalue weighted by Gasteiger charge is -2.08. The average molecular weight is 101 g/mol. The number of hydrogen-bond donors (Lipinski definition) is 1. The van der Waals surface area contributed by atoms with E-state index >= 15 is 0 Å². The first-order valence-corrected chi connectivity index (χ1v) is 2.06. The predicted molar refractivity (Wildman–Crippen MR) is 26.9 cm³/mol. The lowest BCUT2D eigenvalue weighted by atomic mass is 10.6. The van der Waals surface area contributed by atoms with E-state index in [0.717, 1.165) is 5.01 Å². The van der Waals surface area contributed by atoms with Gasteiger partial charge >= 0.3 is 0 Å². The van der Waals surface area contributed by atoms with Gasteiger partial charge in [-0.25, -0.2) is 5.84 Å². The first-order valence-electron chi connectivity index (χ1n) is 2.06. The molecule has 0 aliphatic rings. The van der Waals surface area contributed by atoms with Gasteiger partial charge in [-0.2, -0.15) is 0 Å². The van der Waals surface area contributed by atoms with Crippen molar-refractivity contribution in [2.45, 2.75) is 6.92 Å². The summed E-state index contributed by atoms with van der Waals surface area (Å²) in [6, 6.07) is 0. The highest BCUT2D eigenvalue weighted by Crippen LogP contribution is 1.72. The van der Waals surface area contributed by atoms with E-state index in [1.165, 1.54) is 0 Å². The summed E-state index contributed by atoms with van der Waals surface area (Å²) in [6.07, 6.45) is 0. The molecule has 0 aromatic carbocycles. The zero-order valence-corrected chi connectivity index (χ0v) is 4.35. The SMILES string of the molecule is [CH2]C(=O)N(N)CC. The number of nitrogens with two attached hydrogens (primary N) is 1. The van der Waals surface area contributed by atoms with Crippen molar-refractivity contribution in [1.29, 1.82) is 0 Å². The molecule has 2 N–H and O–H groups in total. The zero-order valence-electron chi connectivity index (χ0n) is 4.35. The van der Waals surface area contributed by atoms with Gasteiger partial charge in [0.15, 0.2) is 0 Å². The standard InChI is InChI=1S/C4H9N2O/c1-3-6(5)4(2)7/h2-3,5H2,1H3. The van der Waals surface area contributed by atoms with Crippen LogP contribution in [-0.4, -0.2) is 17.5 Å². The van der Waals surface area contributed by atoms with Crippen molar-refractivity contribution >= 4 is 5.91 Å². The smallest absolute Gasteiger partial charge is 0.236 e. The third-order valence-corrected chi connectivity index (χ3v) is 0.661. The summed E-state index contributed by atoms with van der Waals surface area (Å²) in [6.45, 7) is 5.37. The molecule has 0 spiro atoms. The van der Waals surface area contributed by atoms with E-state index < -0.39 is 0 Å². The van der Waals surface area contributed by atoms with Crippen LogP contribution in [0.4, 0.5) is 0 Å². The predicted octanol–water partition coefficient (Wildman–Crippen LogP) is -0.457. The van der Waals surface area contributed by atoms with Crippen LogP contribution in [0.1, 0.15) is 6.92 Å². The molecule has 3 heteroatoms. The fourth-order valence-corrected chi connectivity index (χ4v) is 0.176. The van der Waals surface area contributed by atoms with Crippen LogP contribution >= 0.6 is 0 Å². The van der Waals surface area contributed by atoms with Crippen LogP contribution in [-0.2, 0) is 4.79 Å². The highest BCUT2D eigenvalue weighted by molar-refractivity contribution is 5.79. The van der Waals surface area contributed by atoms with Crippen LogP contribution in [0.2, 0.25) is 0 Å². The molecule has 0 fully saturated rings. The topological polar surface area (TPSA) is 46.3 Å². The number of carbonyl (C=O) groups is 1. The van der Waals surface area contributed by atoms with Gasteiger partial charge in [0.25, 0.3) is 0 Å². The summed E-state index contributed by atoms with van der Waals surface area (Å²) >= 11 is 0. The van der Waals surface area contributed by atoms with Crippen LogP contribution < -0.4 is 5.84 Å². The van der Waals surface area contributed by atoms with Crippen molar-refractivity contribution in [3.63, 3.8) is 0 Å². The Labute approximate surface area is 43.1 Å². The number of amides is 1. The molecule has 7 heavy (non-hydrogen) atoms. The Balaban J connectivity index is 3.34. The third kappa shape index (κ3) is 2.17. The molecule has 0 aliphatic carbocycles. The van der Waals surface area contributed by atoms with E-state index in [1.54, 1.807) is 6.92 Å². The van der Waals surface area contributed by atoms with E-state index in [2.05, 4.69) is 6.92 Å². The Morgan fingerprint density at radius 3 is 2.43 bits per heavy atom. The second kappa shape index (κ2) is 2.58. The minimum atomic E-state index is -0.345. The lowest BCUT2D eigenvalue weighted by molar-refractivity contribution is -0.126. The third-order valence-electron chi connectivity index (χ3n) is 0.661. The maximum atomic E-state index is 10.1. The molecule has 1 amide bonds. The van der Waals surface area contributed by atoms with Crippen molar-refractivity contribution in [2.24, 2.45) is 5.84 Å². The summed E-state index contributed by atoms with van der Waals surface area (Å²) in [4.78, 5) is 10.1. The van der Waals surface area contributed by atoms with Crippen molar-refractivity contribution in [1.82, 2.24) is 5.01 Å². The van der Waals surface area contributed by atoms with E-state index in [1.807, 2.05) is 0 Å². The van der Waals surface area contributed by atoms with Crippen LogP contribution in [0.5, 0.6) is 0 Å². The zero-order chi connectivity index (χ0) is 5.86. The van der Waals surface area contributed by atoms with Gasteiger partial charge in [-0.1, -0.05) is 0 Å². The maximum absolute atomic E-state index is 10.1. The van der Waals surface area contributed by atoms with Crippen molar-refractivity contribution in [2.75, 3.05) is 6.54 Å². The summed E-state index contributed by atoms with van der Waals surface area (Å²) < 4.78 is 0. The first kappa shape index (κ1) is 6.43. The maximum Gasteiger partial charge on any atom is 0.236 e. The molecule has 0 unspecified atom stereocenters. The van der Waals surface area contributed by atoms with E-state index in [4.69, 9.17) is 5.84 Å². The van der Waals surface area contributed by atoms with Gasteiger partial charge in [0, 0.05) is 13.5 Å². The molecule has 0 atom stereocenters.